The predicted octanol–water partition coefficient (Wildman–Crippen LogP) is 2.74. The molecule has 6 heteroatoms. The highest BCUT2D eigenvalue weighted by Gasteiger charge is 2.32. The molecule has 0 bridgehead atoms. The summed E-state index contributed by atoms with van der Waals surface area (Å²) in [5.74, 6) is 2.25. The van der Waals surface area contributed by atoms with Crippen LogP contribution in [0.4, 0.5) is 5.82 Å². The van der Waals surface area contributed by atoms with Crippen LogP contribution < -0.4 is 4.90 Å². The van der Waals surface area contributed by atoms with E-state index in [1.807, 2.05) is 31.1 Å². The fraction of sp³-hybridized carbons (Fsp3) is 0.562. The van der Waals surface area contributed by atoms with E-state index in [4.69, 9.17) is 4.52 Å². The van der Waals surface area contributed by atoms with Crippen LogP contribution in [0, 0.1) is 0 Å². The van der Waals surface area contributed by atoms with Crippen LogP contribution in [0.2, 0.25) is 0 Å². The lowest BCUT2D eigenvalue weighted by molar-refractivity contribution is 0.170. The van der Waals surface area contributed by atoms with Crippen molar-refractivity contribution in [3.8, 4) is 11.4 Å². The van der Waals surface area contributed by atoms with E-state index in [0.29, 0.717) is 11.9 Å². The van der Waals surface area contributed by atoms with Gasteiger partial charge in [-0.25, -0.2) is 4.98 Å². The Morgan fingerprint density at radius 2 is 2.14 bits per heavy atom. The van der Waals surface area contributed by atoms with Gasteiger partial charge in [0, 0.05) is 31.9 Å². The van der Waals surface area contributed by atoms with E-state index in [1.54, 1.807) is 6.20 Å². The molecular formula is C16H23N5O. The SMILES string of the molecule is CC(C)N1CCCC1c1nc(-c2ccc(N(C)C)nc2)no1. The summed E-state index contributed by atoms with van der Waals surface area (Å²) in [6.45, 7) is 5.51. The third-order valence-electron chi connectivity index (χ3n) is 4.15. The lowest BCUT2D eigenvalue weighted by Crippen LogP contribution is -2.30. The molecule has 6 nitrogen and oxygen atoms in total. The van der Waals surface area contributed by atoms with Crippen LogP contribution in [0.25, 0.3) is 11.4 Å². The summed E-state index contributed by atoms with van der Waals surface area (Å²) >= 11 is 0. The van der Waals surface area contributed by atoms with Crippen molar-refractivity contribution in [1.29, 1.82) is 0 Å². The zero-order valence-corrected chi connectivity index (χ0v) is 13.7. The zero-order valence-electron chi connectivity index (χ0n) is 13.7. The maximum absolute atomic E-state index is 5.52. The van der Waals surface area contributed by atoms with Gasteiger partial charge in [0.1, 0.15) is 5.82 Å². The number of rotatable bonds is 4. The molecule has 0 aromatic carbocycles. The van der Waals surface area contributed by atoms with Crippen molar-refractivity contribution in [3.63, 3.8) is 0 Å². The second-order valence-electron chi connectivity index (χ2n) is 6.25. The Kier molecular flexibility index (Phi) is 4.11. The number of anilines is 1. The fourth-order valence-electron chi connectivity index (χ4n) is 2.94. The third-order valence-corrected chi connectivity index (χ3v) is 4.15. The molecule has 0 radical (unpaired) electrons. The standard InChI is InChI=1S/C16H23N5O/c1-11(2)21-9-5-6-13(21)16-18-15(19-22-16)12-7-8-14(17-10-12)20(3)4/h7-8,10-11,13H,5-6,9H2,1-4H3. The molecule has 0 spiro atoms. The van der Waals surface area contributed by atoms with Gasteiger partial charge in [-0.15, -0.1) is 0 Å². The van der Waals surface area contributed by atoms with Gasteiger partial charge in [-0.05, 0) is 45.4 Å². The molecule has 1 aliphatic rings. The smallest absolute Gasteiger partial charge is 0.244 e. The molecule has 1 saturated heterocycles. The maximum atomic E-state index is 5.52. The summed E-state index contributed by atoms with van der Waals surface area (Å²) < 4.78 is 5.52. The van der Waals surface area contributed by atoms with E-state index in [-0.39, 0.29) is 6.04 Å². The highest BCUT2D eigenvalue weighted by atomic mass is 16.5. The van der Waals surface area contributed by atoms with Crippen LogP contribution in [0.15, 0.2) is 22.9 Å². The zero-order chi connectivity index (χ0) is 15.7. The van der Waals surface area contributed by atoms with Crippen molar-refractivity contribution in [2.75, 3.05) is 25.5 Å². The summed E-state index contributed by atoms with van der Waals surface area (Å²) in [6.07, 6.45) is 4.05. The van der Waals surface area contributed by atoms with Crippen LogP contribution in [0.1, 0.15) is 38.6 Å². The molecule has 2 aromatic rings. The molecule has 1 atom stereocenters. The molecule has 118 valence electrons. The van der Waals surface area contributed by atoms with Crippen LogP contribution in [0.3, 0.4) is 0 Å². The molecule has 1 fully saturated rings. The molecule has 0 amide bonds. The van der Waals surface area contributed by atoms with Gasteiger partial charge in [0.2, 0.25) is 11.7 Å². The van der Waals surface area contributed by atoms with Crippen molar-refractivity contribution in [2.45, 2.75) is 38.8 Å². The summed E-state index contributed by atoms with van der Waals surface area (Å²) in [4.78, 5) is 13.4. The molecule has 3 heterocycles. The molecule has 22 heavy (non-hydrogen) atoms. The number of pyridine rings is 1. The van der Waals surface area contributed by atoms with Crippen molar-refractivity contribution in [3.05, 3.63) is 24.2 Å². The van der Waals surface area contributed by atoms with Crippen LogP contribution in [-0.2, 0) is 0 Å². The molecule has 1 unspecified atom stereocenters. The van der Waals surface area contributed by atoms with Gasteiger partial charge in [-0.3, -0.25) is 4.90 Å². The van der Waals surface area contributed by atoms with Gasteiger partial charge in [0.05, 0.1) is 6.04 Å². The van der Waals surface area contributed by atoms with E-state index >= 15 is 0 Å². The Morgan fingerprint density at radius 3 is 2.77 bits per heavy atom. The number of hydrogen-bond acceptors (Lipinski definition) is 6. The van der Waals surface area contributed by atoms with Gasteiger partial charge in [0.15, 0.2) is 0 Å². The average molecular weight is 301 g/mol. The van der Waals surface area contributed by atoms with Crippen LogP contribution in [0.5, 0.6) is 0 Å². The Bertz CT molecular complexity index is 620. The Hall–Kier alpha value is -1.95. The molecule has 3 rings (SSSR count). The first-order valence-electron chi connectivity index (χ1n) is 7.79. The van der Waals surface area contributed by atoms with E-state index in [0.717, 1.165) is 30.2 Å². The van der Waals surface area contributed by atoms with Crippen molar-refractivity contribution in [1.82, 2.24) is 20.0 Å². The van der Waals surface area contributed by atoms with E-state index in [2.05, 4.69) is 33.9 Å². The van der Waals surface area contributed by atoms with E-state index in [9.17, 15) is 0 Å². The second-order valence-corrected chi connectivity index (χ2v) is 6.25. The topological polar surface area (TPSA) is 58.3 Å². The lowest BCUT2D eigenvalue weighted by Gasteiger charge is -2.25. The minimum atomic E-state index is 0.246. The molecule has 0 saturated carbocycles. The number of hydrogen-bond donors (Lipinski definition) is 0. The van der Waals surface area contributed by atoms with Gasteiger partial charge >= 0.3 is 0 Å². The summed E-state index contributed by atoms with van der Waals surface area (Å²) in [6, 6.07) is 4.67. The molecule has 2 aromatic heterocycles. The number of likely N-dealkylation sites (tertiary alicyclic amines) is 1. The van der Waals surface area contributed by atoms with E-state index in [1.165, 1.54) is 6.42 Å². The number of aromatic nitrogens is 3. The Balaban J connectivity index is 1.81. The fourth-order valence-corrected chi connectivity index (χ4v) is 2.94. The summed E-state index contributed by atoms with van der Waals surface area (Å²) in [5, 5.41) is 4.13. The summed E-state index contributed by atoms with van der Waals surface area (Å²) in [7, 11) is 3.93. The minimum Gasteiger partial charge on any atom is -0.363 e. The van der Waals surface area contributed by atoms with Crippen molar-refractivity contribution < 1.29 is 4.52 Å². The first-order valence-corrected chi connectivity index (χ1v) is 7.79. The van der Waals surface area contributed by atoms with Gasteiger partial charge in [-0.1, -0.05) is 5.16 Å². The van der Waals surface area contributed by atoms with Crippen molar-refractivity contribution >= 4 is 5.82 Å². The van der Waals surface area contributed by atoms with Gasteiger partial charge in [0.25, 0.3) is 0 Å². The lowest BCUT2D eigenvalue weighted by atomic mass is 10.2. The first-order chi connectivity index (χ1) is 10.6. The average Bonchev–Trinajstić information content (AvgIpc) is 3.16. The van der Waals surface area contributed by atoms with Gasteiger partial charge < -0.3 is 9.42 Å². The normalized spacial score (nSPS) is 19.0. The highest BCUT2D eigenvalue weighted by molar-refractivity contribution is 5.55. The maximum Gasteiger partial charge on any atom is 0.244 e. The van der Waals surface area contributed by atoms with Crippen LogP contribution in [-0.4, -0.2) is 46.7 Å². The first kappa shape index (κ1) is 15.0. The second kappa shape index (κ2) is 6.04. The monoisotopic (exact) mass is 301 g/mol. The Labute approximate surface area is 131 Å². The minimum absolute atomic E-state index is 0.246. The third kappa shape index (κ3) is 2.83. The molecule has 0 aliphatic carbocycles. The Morgan fingerprint density at radius 1 is 1.32 bits per heavy atom. The molecule has 1 aliphatic heterocycles. The highest BCUT2D eigenvalue weighted by Crippen LogP contribution is 2.33. The van der Waals surface area contributed by atoms with Gasteiger partial charge in [-0.2, -0.15) is 4.98 Å². The molecule has 0 N–H and O–H groups in total. The number of nitrogens with zero attached hydrogens (tertiary/aromatic N) is 5. The largest absolute Gasteiger partial charge is 0.363 e. The van der Waals surface area contributed by atoms with Crippen molar-refractivity contribution in [2.24, 2.45) is 0 Å². The predicted molar refractivity (Wildman–Crippen MR) is 85.7 cm³/mol. The summed E-state index contributed by atoms with van der Waals surface area (Å²) in [5.41, 5.74) is 0.884. The quantitative estimate of drug-likeness (QED) is 0.865. The van der Waals surface area contributed by atoms with E-state index < -0.39 is 0 Å². The van der Waals surface area contributed by atoms with Crippen LogP contribution >= 0.6 is 0 Å². The molecular weight excluding hydrogens is 278 g/mol.